The van der Waals surface area contributed by atoms with Crippen molar-refractivity contribution in [1.29, 1.82) is 0 Å². The average molecular weight is 373 g/mol. The summed E-state index contributed by atoms with van der Waals surface area (Å²) in [6, 6.07) is 22.1. The van der Waals surface area contributed by atoms with Gasteiger partial charge < -0.3 is 19.7 Å². The van der Waals surface area contributed by atoms with Gasteiger partial charge in [-0.3, -0.25) is 4.99 Å². The van der Waals surface area contributed by atoms with Crippen molar-refractivity contribution in [3.05, 3.63) is 66.7 Å². The molecule has 0 fully saturated rings. The summed E-state index contributed by atoms with van der Waals surface area (Å²) in [5.74, 6) is 1.60. The predicted molar refractivity (Wildman–Crippen MR) is 115 cm³/mol. The minimum atomic E-state index is 0.352. The predicted octanol–water partition coefficient (Wildman–Crippen LogP) is 4.96. The number of rotatable bonds is 6. The lowest BCUT2D eigenvalue weighted by atomic mass is 10.0. The van der Waals surface area contributed by atoms with Gasteiger partial charge in [0, 0.05) is 12.7 Å². The number of anilines is 2. The lowest BCUT2D eigenvalue weighted by Crippen LogP contribution is -2.28. The van der Waals surface area contributed by atoms with Crippen LogP contribution < -0.4 is 19.7 Å². The fourth-order valence-electron chi connectivity index (χ4n) is 3.23. The van der Waals surface area contributed by atoms with Crippen LogP contribution >= 0.6 is 0 Å². The van der Waals surface area contributed by atoms with Crippen molar-refractivity contribution in [2.45, 2.75) is 0 Å². The Morgan fingerprint density at radius 2 is 1.86 bits per heavy atom. The molecule has 0 bridgehead atoms. The summed E-state index contributed by atoms with van der Waals surface area (Å²) in [7, 11) is 2.08. The zero-order chi connectivity index (χ0) is 19.3. The van der Waals surface area contributed by atoms with Crippen LogP contribution in [-0.4, -0.2) is 33.6 Å². The number of fused-ring (bicyclic) bond motifs is 1. The number of aliphatic imine (C=N–C) groups is 1. The van der Waals surface area contributed by atoms with Crippen LogP contribution in [0.2, 0.25) is 0 Å². The van der Waals surface area contributed by atoms with Gasteiger partial charge in [-0.15, -0.1) is 0 Å². The third-order valence-electron chi connectivity index (χ3n) is 4.80. The van der Waals surface area contributed by atoms with Crippen LogP contribution in [0.3, 0.4) is 0 Å². The van der Waals surface area contributed by atoms with E-state index >= 15 is 0 Å². The van der Waals surface area contributed by atoms with Crippen LogP contribution in [0, 0.1) is 0 Å². The maximum absolute atomic E-state index is 5.85. The first-order valence-corrected chi connectivity index (χ1v) is 9.25. The number of para-hydroxylation sites is 1. The highest BCUT2D eigenvalue weighted by Crippen LogP contribution is 2.37. The fraction of sp³-hybridized carbons (Fsp3) is 0.174. The Balaban J connectivity index is 1.51. The average Bonchev–Trinajstić information content (AvgIpc) is 2.74. The van der Waals surface area contributed by atoms with Gasteiger partial charge in [0.25, 0.3) is 0 Å². The first-order chi connectivity index (χ1) is 13.7. The number of hydrogen-bond donors (Lipinski definition) is 1. The summed E-state index contributed by atoms with van der Waals surface area (Å²) in [6.45, 7) is 5.65. The summed E-state index contributed by atoms with van der Waals surface area (Å²) in [5, 5.41) is 3.22. The number of hydrogen-bond acceptors (Lipinski definition) is 5. The quantitative estimate of drug-likeness (QED) is 0.490. The smallest absolute Gasteiger partial charge is 0.159 e. The molecule has 3 aromatic carbocycles. The second-order valence-electron chi connectivity index (χ2n) is 6.62. The van der Waals surface area contributed by atoms with Crippen molar-refractivity contribution in [2.24, 2.45) is 4.99 Å². The van der Waals surface area contributed by atoms with E-state index in [1.165, 1.54) is 0 Å². The Hall–Kier alpha value is -3.47. The molecule has 4 rings (SSSR count). The highest BCUT2D eigenvalue weighted by Gasteiger charge is 2.16. The van der Waals surface area contributed by atoms with Crippen LogP contribution in [-0.2, 0) is 0 Å². The molecule has 1 aliphatic heterocycles. The Labute approximate surface area is 165 Å². The van der Waals surface area contributed by atoms with Crippen LogP contribution in [0.15, 0.2) is 71.7 Å². The molecule has 142 valence electrons. The van der Waals surface area contributed by atoms with E-state index in [9.17, 15) is 0 Å². The van der Waals surface area contributed by atoms with Crippen molar-refractivity contribution in [3.63, 3.8) is 0 Å². The fourth-order valence-corrected chi connectivity index (χ4v) is 3.23. The SMILES string of the molecule is C=Nc1cc(-c2ccc3c(c2)OCCN3C)ccc1OCNc1ccccc1. The molecule has 1 aliphatic rings. The van der Waals surface area contributed by atoms with Crippen LogP contribution in [0.25, 0.3) is 11.1 Å². The van der Waals surface area contributed by atoms with Gasteiger partial charge in [-0.25, -0.2) is 0 Å². The van der Waals surface area contributed by atoms with E-state index in [2.05, 4.69) is 47.2 Å². The topological polar surface area (TPSA) is 46.1 Å². The number of ether oxygens (including phenoxy) is 2. The number of nitrogens with one attached hydrogen (secondary N) is 1. The zero-order valence-corrected chi connectivity index (χ0v) is 15.9. The largest absolute Gasteiger partial charge is 0.490 e. The lowest BCUT2D eigenvalue weighted by molar-refractivity contribution is 0.311. The summed E-state index contributed by atoms with van der Waals surface area (Å²) in [4.78, 5) is 6.34. The molecule has 0 aromatic heterocycles. The standard InChI is InChI=1S/C23H23N3O2/c1-24-20-14-17(18-8-10-21-23(15-18)27-13-12-26(21)2)9-11-22(20)28-16-25-19-6-4-3-5-7-19/h3-11,14-15,25H,1,12-13,16H2,2H3. The van der Waals surface area contributed by atoms with Crippen molar-refractivity contribution in [2.75, 3.05) is 37.1 Å². The van der Waals surface area contributed by atoms with Gasteiger partial charge in [0.15, 0.2) is 6.73 Å². The maximum Gasteiger partial charge on any atom is 0.159 e. The van der Waals surface area contributed by atoms with E-state index in [1.54, 1.807) is 0 Å². The summed E-state index contributed by atoms with van der Waals surface area (Å²) in [5.41, 5.74) is 4.96. The second kappa shape index (κ2) is 8.05. The van der Waals surface area contributed by atoms with E-state index in [0.717, 1.165) is 34.8 Å². The van der Waals surface area contributed by atoms with Crippen molar-refractivity contribution in [3.8, 4) is 22.6 Å². The molecule has 0 saturated heterocycles. The zero-order valence-electron chi connectivity index (χ0n) is 15.9. The molecule has 28 heavy (non-hydrogen) atoms. The molecule has 1 heterocycles. The molecule has 0 unspecified atom stereocenters. The van der Waals surface area contributed by atoms with Gasteiger partial charge in [-0.1, -0.05) is 30.3 Å². The molecule has 0 spiro atoms. The minimum Gasteiger partial charge on any atom is -0.490 e. The lowest BCUT2D eigenvalue weighted by Gasteiger charge is -2.28. The molecule has 5 nitrogen and oxygen atoms in total. The van der Waals surface area contributed by atoms with Gasteiger partial charge in [-0.2, -0.15) is 0 Å². The third kappa shape index (κ3) is 3.78. The van der Waals surface area contributed by atoms with Gasteiger partial charge in [0.1, 0.15) is 23.8 Å². The number of benzene rings is 3. The van der Waals surface area contributed by atoms with E-state index < -0.39 is 0 Å². The monoisotopic (exact) mass is 373 g/mol. The third-order valence-corrected chi connectivity index (χ3v) is 4.80. The van der Waals surface area contributed by atoms with Crippen LogP contribution in [0.1, 0.15) is 0 Å². The minimum absolute atomic E-state index is 0.352. The first-order valence-electron chi connectivity index (χ1n) is 9.25. The molecule has 0 amide bonds. The van der Waals surface area contributed by atoms with Crippen LogP contribution in [0.5, 0.6) is 11.5 Å². The molecular weight excluding hydrogens is 350 g/mol. The normalized spacial score (nSPS) is 12.7. The number of likely N-dealkylation sites (N-methyl/N-ethyl adjacent to an activating group) is 1. The molecule has 0 saturated carbocycles. The molecule has 0 aliphatic carbocycles. The Kier molecular flexibility index (Phi) is 5.15. The van der Waals surface area contributed by atoms with Gasteiger partial charge in [0.2, 0.25) is 0 Å². The maximum atomic E-state index is 5.85. The highest BCUT2D eigenvalue weighted by atomic mass is 16.5. The Morgan fingerprint density at radius 1 is 1.07 bits per heavy atom. The summed E-state index contributed by atoms with van der Waals surface area (Å²) < 4.78 is 11.7. The van der Waals surface area contributed by atoms with Gasteiger partial charge in [-0.05, 0) is 54.2 Å². The van der Waals surface area contributed by atoms with E-state index in [-0.39, 0.29) is 0 Å². The van der Waals surface area contributed by atoms with E-state index in [0.29, 0.717) is 24.8 Å². The van der Waals surface area contributed by atoms with Crippen molar-refractivity contribution in [1.82, 2.24) is 0 Å². The first kappa shape index (κ1) is 17.9. The van der Waals surface area contributed by atoms with Gasteiger partial charge >= 0.3 is 0 Å². The van der Waals surface area contributed by atoms with Gasteiger partial charge in [0.05, 0.1) is 12.2 Å². The van der Waals surface area contributed by atoms with Crippen LogP contribution in [0.4, 0.5) is 17.1 Å². The molecule has 1 N–H and O–H groups in total. The Morgan fingerprint density at radius 3 is 2.68 bits per heavy atom. The molecule has 0 atom stereocenters. The molecule has 5 heteroatoms. The number of nitrogens with zero attached hydrogens (tertiary/aromatic N) is 2. The second-order valence-corrected chi connectivity index (χ2v) is 6.62. The van der Waals surface area contributed by atoms with Crippen molar-refractivity contribution >= 4 is 23.8 Å². The molecule has 0 radical (unpaired) electrons. The highest BCUT2D eigenvalue weighted by molar-refractivity contribution is 5.75. The summed E-state index contributed by atoms with van der Waals surface area (Å²) >= 11 is 0. The van der Waals surface area contributed by atoms with E-state index in [1.807, 2.05) is 48.5 Å². The molecule has 3 aromatic rings. The van der Waals surface area contributed by atoms with E-state index in [4.69, 9.17) is 9.47 Å². The summed E-state index contributed by atoms with van der Waals surface area (Å²) in [6.07, 6.45) is 0. The van der Waals surface area contributed by atoms with Crippen molar-refractivity contribution < 1.29 is 9.47 Å². The Bertz CT molecular complexity index is 973. The molecular formula is C23H23N3O2.